The van der Waals surface area contributed by atoms with Gasteiger partial charge in [-0.15, -0.1) is 0 Å². The fourth-order valence-corrected chi connectivity index (χ4v) is 24.4. The van der Waals surface area contributed by atoms with Gasteiger partial charge >= 0.3 is 0 Å². The molecular weight excluding hydrogens is 1690 g/mol. The fourth-order valence-electron chi connectivity index (χ4n) is 24.4. The first-order valence-electron chi connectivity index (χ1n) is 49.2. The minimum Gasteiger partial charge on any atom is -0.0622 e. The van der Waals surface area contributed by atoms with Crippen molar-refractivity contribution in [2.24, 2.45) is 0 Å². The van der Waals surface area contributed by atoms with Crippen LogP contribution in [0.4, 0.5) is 0 Å². The summed E-state index contributed by atoms with van der Waals surface area (Å²) in [7, 11) is 0. The Morgan fingerprint density at radius 1 is 0.0922 bits per heavy atom. The highest BCUT2D eigenvalue weighted by Crippen LogP contribution is 2.65. The number of hydrogen-bond donors (Lipinski definition) is 0. The van der Waals surface area contributed by atoms with E-state index in [1.54, 1.807) is 0 Å². The van der Waals surface area contributed by atoms with Crippen LogP contribution in [0.1, 0.15) is 66.8 Å². The quantitative estimate of drug-likeness (QED) is 0.121. The molecule has 29 rings (SSSR count). The van der Waals surface area contributed by atoms with Crippen LogP contribution < -0.4 is 0 Å². The lowest BCUT2D eigenvalue weighted by atomic mass is 9.67. The van der Waals surface area contributed by atoms with E-state index in [1.165, 1.54) is 254 Å². The largest absolute Gasteiger partial charge is 0.0725 e. The van der Waals surface area contributed by atoms with Crippen LogP contribution in [-0.2, 0) is 16.2 Å². The molecule has 4 aliphatic rings. The van der Waals surface area contributed by atoms with Crippen LogP contribution in [-0.4, -0.2) is 0 Å². The Labute approximate surface area is 822 Å². The van der Waals surface area contributed by atoms with Crippen molar-refractivity contribution in [2.45, 2.75) is 16.2 Å². The fraction of sp³-hybridized carbons (Fsp3) is 0.0213. The van der Waals surface area contributed by atoms with Gasteiger partial charge in [0, 0.05) is 0 Å². The maximum absolute atomic E-state index is 2.48. The highest BCUT2D eigenvalue weighted by molar-refractivity contribution is 6.05. The second kappa shape index (κ2) is 33.8. The van der Waals surface area contributed by atoms with E-state index in [0.717, 1.165) is 0 Å². The molecule has 0 saturated carbocycles. The molecule has 0 radical (unpaired) electrons. The molecule has 0 atom stereocenters. The molecule has 0 amide bonds. The van der Waals surface area contributed by atoms with E-state index in [1.807, 2.05) is 0 Å². The Kier molecular flexibility index (Phi) is 19.8. The van der Waals surface area contributed by atoms with Crippen molar-refractivity contribution in [3.8, 4) is 122 Å². The summed E-state index contributed by atoms with van der Waals surface area (Å²) in [5.41, 5.74) is 42.8. The molecule has 0 aliphatic heterocycles. The maximum atomic E-state index is 2.48. The Balaban J connectivity index is 0.000000106. The van der Waals surface area contributed by atoms with Crippen molar-refractivity contribution in [3.63, 3.8) is 0 Å². The number of fused-ring (bicyclic) bond motifs is 22. The lowest BCUT2D eigenvalue weighted by Crippen LogP contribution is -2.28. The first-order chi connectivity index (χ1) is 69.8. The molecular formula is C141H92. The van der Waals surface area contributed by atoms with Crippen LogP contribution >= 0.6 is 0 Å². The van der Waals surface area contributed by atoms with Gasteiger partial charge in [-0.05, 0) is 333 Å². The van der Waals surface area contributed by atoms with Gasteiger partial charge in [0.1, 0.15) is 0 Å². The van der Waals surface area contributed by atoms with Crippen LogP contribution in [0.2, 0.25) is 0 Å². The Morgan fingerprint density at radius 3 is 0.667 bits per heavy atom. The standard InChI is InChI=1S/C51H34.C45H28.C45H30/c1-4-14-35(15-5-1)37-26-24-36-25-27-38(31-41(36)30-37)42-32-39-16-10-11-21-45(39)48(33-42)40-28-29-47-46-22-12-13-23-49(46)51(50(47)34-40,43-17-6-2-7-18-43)44-19-8-3-9-20-44;1-2-10-30-25-31(18-17-29(30)9-1)32-19-20-34-27-35(22-21-33(34)26-32)36-23-24-40-39-13-5-8-16-43(39)45(44(40)28-36)41-14-6-3-11-37(41)38-12-4-7-15-42(38)45;1-3-13-39(14-4-1)45(40-15-5-2-6-16-40)43-18-10-9-17-41(43)42-26-25-38(30-44(42)45)37-24-23-35-28-34(21-22-36(35)29-37)33-20-19-31-11-7-8-12-32(31)27-33/h1-34H;1-28H;1-30H. The molecule has 656 valence electrons. The zero-order valence-electron chi connectivity index (χ0n) is 77.6. The molecule has 0 aromatic heterocycles. The zero-order valence-corrected chi connectivity index (χ0v) is 77.6. The SMILES string of the molecule is c1ccc(-c2ccc3ccc(-c4cc(-c5ccc6c(c5)C(c5ccccc5)(c5ccccc5)c5ccccc5-6)c5ccccc5c4)cc3c2)cc1.c1ccc(C2(c3ccccc3)c3ccccc3-c3ccc(-c4ccc5cc(-c6ccc7ccccc7c6)ccc5c4)cc32)cc1.c1ccc2c(c1)-c1ccccc1C21c2ccccc2-c2ccc(-c3ccc4cc(-c5ccc6ccccc6c5)ccc4c3)cc21. The molecule has 0 saturated heterocycles. The second-order valence-electron chi connectivity index (χ2n) is 38.3. The summed E-state index contributed by atoms with van der Waals surface area (Å²) < 4.78 is 0. The van der Waals surface area contributed by atoms with Crippen molar-refractivity contribution < 1.29 is 0 Å². The maximum Gasteiger partial charge on any atom is 0.0725 e. The Bertz CT molecular complexity index is 8880. The van der Waals surface area contributed by atoms with E-state index < -0.39 is 10.8 Å². The predicted molar refractivity (Wildman–Crippen MR) is 593 cm³/mol. The van der Waals surface area contributed by atoms with E-state index in [-0.39, 0.29) is 5.41 Å². The summed E-state index contributed by atoms with van der Waals surface area (Å²) in [5, 5.41) is 15.1. The summed E-state index contributed by atoms with van der Waals surface area (Å²) >= 11 is 0. The number of hydrogen-bond acceptors (Lipinski definition) is 0. The van der Waals surface area contributed by atoms with Crippen molar-refractivity contribution >= 4 is 64.6 Å². The van der Waals surface area contributed by atoms with Crippen molar-refractivity contribution in [1.29, 1.82) is 0 Å². The van der Waals surface area contributed by atoms with E-state index in [2.05, 4.69) is 558 Å². The lowest BCUT2D eigenvalue weighted by molar-refractivity contribution is 0.769. The molecule has 25 aromatic rings. The van der Waals surface area contributed by atoms with Crippen molar-refractivity contribution in [3.05, 3.63) is 625 Å². The second-order valence-corrected chi connectivity index (χ2v) is 38.3. The van der Waals surface area contributed by atoms with E-state index >= 15 is 0 Å². The van der Waals surface area contributed by atoms with E-state index in [9.17, 15) is 0 Å². The van der Waals surface area contributed by atoms with Crippen molar-refractivity contribution in [2.75, 3.05) is 0 Å². The molecule has 25 aromatic carbocycles. The molecule has 0 heterocycles. The third-order valence-electron chi connectivity index (χ3n) is 30.9. The van der Waals surface area contributed by atoms with Gasteiger partial charge in [-0.1, -0.05) is 479 Å². The van der Waals surface area contributed by atoms with Crippen molar-refractivity contribution in [1.82, 2.24) is 0 Å². The van der Waals surface area contributed by atoms with Crippen LogP contribution in [0.15, 0.2) is 558 Å². The van der Waals surface area contributed by atoms with Crippen LogP contribution in [0.5, 0.6) is 0 Å². The Hall–Kier alpha value is -17.9. The van der Waals surface area contributed by atoms with Gasteiger partial charge < -0.3 is 0 Å². The molecule has 141 heavy (non-hydrogen) atoms. The molecule has 0 heteroatoms. The summed E-state index contributed by atoms with van der Waals surface area (Å²) in [6.45, 7) is 0. The lowest BCUT2D eigenvalue weighted by Gasteiger charge is -2.34. The van der Waals surface area contributed by atoms with E-state index in [0.29, 0.717) is 0 Å². The van der Waals surface area contributed by atoms with Crippen LogP contribution in [0.25, 0.3) is 187 Å². The summed E-state index contributed by atoms with van der Waals surface area (Å²) in [4.78, 5) is 0. The summed E-state index contributed by atoms with van der Waals surface area (Å²) in [5.74, 6) is 0. The van der Waals surface area contributed by atoms with Gasteiger partial charge in [0.05, 0.1) is 16.2 Å². The molecule has 4 aliphatic carbocycles. The molecule has 1 spiro atoms. The third-order valence-corrected chi connectivity index (χ3v) is 30.9. The molecule has 0 N–H and O–H groups in total. The predicted octanol–water partition coefficient (Wildman–Crippen LogP) is 36.7. The third kappa shape index (κ3) is 13.5. The number of benzene rings is 25. The van der Waals surface area contributed by atoms with Gasteiger partial charge in [-0.2, -0.15) is 0 Å². The molecule has 0 nitrogen and oxygen atoms in total. The van der Waals surface area contributed by atoms with Crippen LogP contribution in [0, 0.1) is 0 Å². The highest BCUT2D eigenvalue weighted by Gasteiger charge is 2.53. The summed E-state index contributed by atoms with van der Waals surface area (Å²) in [6, 6.07) is 207. The van der Waals surface area contributed by atoms with Crippen LogP contribution in [0.3, 0.4) is 0 Å². The van der Waals surface area contributed by atoms with Gasteiger partial charge in [0.2, 0.25) is 0 Å². The zero-order chi connectivity index (χ0) is 93.1. The smallest absolute Gasteiger partial charge is 0.0622 e. The molecule has 0 bridgehead atoms. The minimum atomic E-state index is -0.438. The monoisotopic (exact) mass is 1780 g/mol. The topological polar surface area (TPSA) is 0 Å². The van der Waals surface area contributed by atoms with Gasteiger partial charge in [0.15, 0.2) is 0 Å². The normalized spacial score (nSPS) is 13.1. The average molecular weight is 1790 g/mol. The van der Waals surface area contributed by atoms with Gasteiger partial charge in [0.25, 0.3) is 0 Å². The highest BCUT2D eigenvalue weighted by atomic mass is 14.5. The minimum absolute atomic E-state index is 0.319. The molecule has 0 fully saturated rings. The first kappa shape index (κ1) is 82.5. The number of rotatable bonds is 11. The van der Waals surface area contributed by atoms with Gasteiger partial charge in [-0.3, -0.25) is 0 Å². The summed E-state index contributed by atoms with van der Waals surface area (Å²) in [6.07, 6.45) is 0. The average Bonchev–Trinajstić information content (AvgIpc) is 1.50. The van der Waals surface area contributed by atoms with Gasteiger partial charge in [-0.25, -0.2) is 0 Å². The Morgan fingerprint density at radius 2 is 0.305 bits per heavy atom. The first-order valence-corrected chi connectivity index (χ1v) is 49.2. The molecule has 0 unspecified atom stereocenters. The van der Waals surface area contributed by atoms with E-state index in [4.69, 9.17) is 0 Å².